The molecule has 1 aliphatic carbocycles. The van der Waals surface area contributed by atoms with Gasteiger partial charge in [-0.15, -0.1) is 0 Å². The Bertz CT molecular complexity index is 790. The van der Waals surface area contributed by atoms with E-state index in [1.807, 2.05) is 0 Å². The Morgan fingerprint density at radius 1 is 1.08 bits per heavy atom. The molecule has 2 aromatic rings. The van der Waals surface area contributed by atoms with Gasteiger partial charge in [-0.05, 0) is 79.8 Å². The van der Waals surface area contributed by atoms with E-state index in [0.29, 0.717) is 0 Å². The van der Waals surface area contributed by atoms with Crippen LogP contribution in [-0.4, -0.2) is 29.5 Å². The largest absolute Gasteiger partial charge is 0.303 e. The Balaban J connectivity index is 1.34. The van der Waals surface area contributed by atoms with E-state index in [9.17, 15) is 0 Å². The van der Waals surface area contributed by atoms with Crippen molar-refractivity contribution in [1.82, 2.24) is 9.88 Å². The average Bonchev–Trinajstić information content (AvgIpc) is 3.14. The van der Waals surface area contributed by atoms with Gasteiger partial charge in [0.2, 0.25) is 0 Å². The van der Waals surface area contributed by atoms with Crippen molar-refractivity contribution in [3.8, 4) is 11.1 Å². The number of benzene rings is 1. The molecule has 0 spiro atoms. The zero-order valence-corrected chi connectivity index (χ0v) is 14.8. The highest BCUT2D eigenvalue weighted by Gasteiger charge is 2.32. The molecule has 2 aliphatic heterocycles. The summed E-state index contributed by atoms with van der Waals surface area (Å²) in [6.45, 7) is 3.94. The molecule has 0 N–H and O–H groups in total. The summed E-state index contributed by atoms with van der Waals surface area (Å²) in [6.07, 6.45) is 13.0. The van der Waals surface area contributed by atoms with Gasteiger partial charge < -0.3 is 4.90 Å². The third-order valence-electron chi connectivity index (χ3n) is 6.45. The van der Waals surface area contributed by atoms with Crippen molar-refractivity contribution in [2.75, 3.05) is 19.6 Å². The van der Waals surface area contributed by atoms with Crippen molar-refractivity contribution in [1.29, 1.82) is 0 Å². The molecular formula is C23H26N2. The summed E-state index contributed by atoms with van der Waals surface area (Å²) in [5, 5.41) is 0. The van der Waals surface area contributed by atoms with Crippen molar-refractivity contribution in [3.05, 3.63) is 59.4 Å². The van der Waals surface area contributed by atoms with Gasteiger partial charge in [0.1, 0.15) is 0 Å². The Morgan fingerprint density at radius 2 is 2.08 bits per heavy atom. The summed E-state index contributed by atoms with van der Waals surface area (Å²) in [5.41, 5.74) is 6.67. The lowest BCUT2D eigenvalue weighted by atomic mass is 9.77. The van der Waals surface area contributed by atoms with Gasteiger partial charge in [0, 0.05) is 24.0 Å². The molecule has 2 bridgehead atoms. The predicted molar refractivity (Wildman–Crippen MR) is 103 cm³/mol. The summed E-state index contributed by atoms with van der Waals surface area (Å²) < 4.78 is 0. The molecule has 0 saturated carbocycles. The first-order chi connectivity index (χ1) is 12.4. The van der Waals surface area contributed by atoms with E-state index in [0.717, 1.165) is 24.7 Å². The van der Waals surface area contributed by atoms with Gasteiger partial charge in [0.05, 0.1) is 0 Å². The van der Waals surface area contributed by atoms with E-state index in [2.05, 4.69) is 53.6 Å². The van der Waals surface area contributed by atoms with Crippen LogP contribution in [0.2, 0.25) is 0 Å². The lowest BCUT2D eigenvalue weighted by molar-refractivity contribution is 0.0736. The average molecular weight is 330 g/mol. The van der Waals surface area contributed by atoms with Crippen LogP contribution < -0.4 is 0 Å². The maximum absolute atomic E-state index is 4.84. The quantitative estimate of drug-likeness (QED) is 0.818. The van der Waals surface area contributed by atoms with Gasteiger partial charge in [-0.25, -0.2) is 0 Å². The number of allylic oxidation sites excluding steroid dienone is 1. The SMILES string of the molecule is C1=Cc2c(cccc2-c2ccc(CC3CCN4CCCC3C4)nc2)C1. The lowest BCUT2D eigenvalue weighted by Gasteiger charge is -2.42. The third-order valence-corrected chi connectivity index (χ3v) is 6.45. The molecule has 2 nitrogen and oxygen atoms in total. The van der Waals surface area contributed by atoms with Gasteiger partial charge >= 0.3 is 0 Å². The van der Waals surface area contributed by atoms with Crippen molar-refractivity contribution in [2.45, 2.75) is 32.1 Å². The Morgan fingerprint density at radius 3 is 3.00 bits per heavy atom. The number of aromatic nitrogens is 1. The van der Waals surface area contributed by atoms with Crippen LogP contribution in [-0.2, 0) is 12.8 Å². The van der Waals surface area contributed by atoms with Crippen LogP contribution in [0.1, 0.15) is 36.1 Å². The summed E-state index contributed by atoms with van der Waals surface area (Å²) in [5.74, 6) is 1.73. The number of rotatable bonds is 3. The Hall–Kier alpha value is -1.93. The molecule has 1 aromatic heterocycles. The van der Waals surface area contributed by atoms with Gasteiger partial charge in [-0.3, -0.25) is 4.98 Å². The molecule has 3 unspecified atom stereocenters. The van der Waals surface area contributed by atoms with Crippen LogP contribution >= 0.6 is 0 Å². The van der Waals surface area contributed by atoms with Crippen LogP contribution in [0.4, 0.5) is 0 Å². The molecule has 3 atom stereocenters. The number of nitrogens with zero attached hydrogens (tertiary/aromatic N) is 2. The second kappa shape index (κ2) is 6.42. The molecule has 2 saturated heterocycles. The molecule has 3 heterocycles. The van der Waals surface area contributed by atoms with Crippen molar-refractivity contribution >= 4 is 6.08 Å². The lowest BCUT2D eigenvalue weighted by Crippen LogP contribution is -2.45. The van der Waals surface area contributed by atoms with E-state index in [4.69, 9.17) is 4.98 Å². The summed E-state index contributed by atoms with van der Waals surface area (Å²) in [7, 11) is 0. The molecule has 5 rings (SSSR count). The molecule has 2 fully saturated rings. The van der Waals surface area contributed by atoms with E-state index >= 15 is 0 Å². The smallest absolute Gasteiger partial charge is 0.0406 e. The van der Waals surface area contributed by atoms with Crippen molar-refractivity contribution in [2.24, 2.45) is 11.8 Å². The predicted octanol–water partition coefficient (Wildman–Crippen LogP) is 4.59. The topological polar surface area (TPSA) is 16.1 Å². The number of hydrogen-bond acceptors (Lipinski definition) is 2. The molecular weight excluding hydrogens is 304 g/mol. The zero-order valence-electron chi connectivity index (χ0n) is 14.8. The van der Waals surface area contributed by atoms with Crippen molar-refractivity contribution in [3.63, 3.8) is 0 Å². The molecule has 0 amide bonds. The van der Waals surface area contributed by atoms with E-state index in [-0.39, 0.29) is 0 Å². The van der Waals surface area contributed by atoms with E-state index in [1.165, 1.54) is 66.8 Å². The fraction of sp³-hybridized carbons (Fsp3) is 0.435. The van der Waals surface area contributed by atoms with E-state index < -0.39 is 0 Å². The van der Waals surface area contributed by atoms with Gasteiger partial charge in [-0.1, -0.05) is 36.4 Å². The minimum absolute atomic E-state index is 0.832. The van der Waals surface area contributed by atoms with Gasteiger partial charge in [0.15, 0.2) is 0 Å². The Labute approximate surface area is 150 Å². The fourth-order valence-corrected chi connectivity index (χ4v) is 5.05. The molecule has 1 aromatic carbocycles. The first-order valence-corrected chi connectivity index (χ1v) is 9.83. The molecule has 0 radical (unpaired) electrons. The van der Waals surface area contributed by atoms with Crippen LogP contribution in [0.25, 0.3) is 17.2 Å². The highest BCUT2D eigenvalue weighted by atomic mass is 15.1. The highest BCUT2D eigenvalue weighted by Crippen LogP contribution is 2.34. The van der Waals surface area contributed by atoms with Crippen molar-refractivity contribution < 1.29 is 0 Å². The zero-order chi connectivity index (χ0) is 16.6. The molecule has 3 aliphatic rings. The monoisotopic (exact) mass is 330 g/mol. The minimum atomic E-state index is 0.832. The first-order valence-electron chi connectivity index (χ1n) is 9.83. The number of fused-ring (bicyclic) bond motifs is 3. The first kappa shape index (κ1) is 15.3. The maximum Gasteiger partial charge on any atom is 0.0406 e. The second-order valence-corrected chi connectivity index (χ2v) is 7.98. The van der Waals surface area contributed by atoms with Crippen LogP contribution in [0.5, 0.6) is 0 Å². The highest BCUT2D eigenvalue weighted by molar-refractivity contribution is 5.79. The van der Waals surface area contributed by atoms with Crippen LogP contribution in [0.15, 0.2) is 42.6 Å². The minimum Gasteiger partial charge on any atom is -0.303 e. The fourth-order valence-electron chi connectivity index (χ4n) is 5.05. The molecule has 25 heavy (non-hydrogen) atoms. The Kier molecular flexibility index (Phi) is 3.94. The number of pyridine rings is 1. The standard InChI is InChI=1S/C23H26N2/c1-4-17-5-2-8-23(22(17)7-1)19-9-10-21(24-15-19)14-18-11-13-25-12-3-6-20(18)16-25/h1-2,5,7-10,15,18,20H,3-4,6,11-14,16H2. The van der Waals surface area contributed by atoms with Crippen LogP contribution in [0, 0.1) is 11.8 Å². The number of piperidine rings is 2. The summed E-state index contributed by atoms with van der Waals surface area (Å²) in [4.78, 5) is 7.50. The maximum atomic E-state index is 4.84. The summed E-state index contributed by atoms with van der Waals surface area (Å²) >= 11 is 0. The normalized spacial score (nSPS) is 27.3. The number of hydrogen-bond donors (Lipinski definition) is 0. The second-order valence-electron chi connectivity index (χ2n) is 7.98. The van der Waals surface area contributed by atoms with Crippen LogP contribution in [0.3, 0.4) is 0 Å². The van der Waals surface area contributed by atoms with E-state index in [1.54, 1.807) is 0 Å². The van der Waals surface area contributed by atoms with Gasteiger partial charge in [-0.2, -0.15) is 0 Å². The van der Waals surface area contributed by atoms with Gasteiger partial charge in [0.25, 0.3) is 0 Å². The molecule has 128 valence electrons. The molecule has 2 heteroatoms. The third kappa shape index (κ3) is 2.93. The summed E-state index contributed by atoms with van der Waals surface area (Å²) in [6, 6.07) is 11.2.